The first-order valence-electron chi connectivity index (χ1n) is 11.2. The summed E-state index contributed by atoms with van der Waals surface area (Å²) in [4.78, 5) is 41.3. The Kier molecular flexibility index (Phi) is 5.86. The molecule has 9 heteroatoms. The third-order valence-electron chi connectivity index (χ3n) is 6.18. The molecule has 0 unspecified atom stereocenters. The number of nitrogens with zero attached hydrogens (tertiary/aromatic N) is 2. The quantitative estimate of drug-likeness (QED) is 0.518. The third-order valence-corrected chi connectivity index (χ3v) is 6.18. The van der Waals surface area contributed by atoms with Gasteiger partial charge in [-0.1, -0.05) is 35.4 Å². The fourth-order valence-electron chi connectivity index (χ4n) is 4.15. The highest BCUT2D eigenvalue weighted by molar-refractivity contribution is 5.90. The maximum atomic E-state index is 12.9. The molecule has 2 aliphatic rings. The molecule has 0 N–H and O–H groups in total. The fourth-order valence-corrected chi connectivity index (χ4v) is 4.15. The largest absolute Gasteiger partial charge is 0.466 e. The minimum Gasteiger partial charge on any atom is -0.466 e. The number of hydrogen-bond acceptors (Lipinski definition) is 8. The van der Waals surface area contributed by atoms with Crippen LogP contribution < -0.4 is 10.3 Å². The molecular weight excluding hydrogens is 452 g/mol. The average molecular weight is 476 g/mol. The number of rotatable bonds is 5. The van der Waals surface area contributed by atoms with Crippen molar-refractivity contribution in [1.29, 1.82) is 0 Å². The zero-order valence-corrected chi connectivity index (χ0v) is 19.5. The predicted molar refractivity (Wildman–Crippen MR) is 123 cm³/mol. The second-order valence-corrected chi connectivity index (χ2v) is 8.74. The van der Waals surface area contributed by atoms with Crippen molar-refractivity contribution < 1.29 is 28.5 Å². The number of ether oxygens (including phenoxy) is 4. The van der Waals surface area contributed by atoms with Gasteiger partial charge >= 0.3 is 11.9 Å². The molecule has 9 nitrogen and oxygen atoms in total. The van der Waals surface area contributed by atoms with Crippen LogP contribution in [0.3, 0.4) is 0 Å². The van der Waals surface area contributed by atoms with Crippen LogP contribution in [-0.2, 0) is 14.2 Å². The number of hydrogen-bond donors (Lipinski definition) is 0. The topological polar surface area (TPSA) is 106 Å². The molecule has 0 amide bonds. The molecule has 2 aliphatic heterocycles. The summed E-state index contributed by atoms with van der Waals surface area (Å²) in [7, 11) is 0. The first-order valence-corrected chi connectivity index (χ1v) is 11.2. The molecule has 5 rings (SSSR count). The van der Waals surface area contributed by atoms with Gasteiger partial charge < -0.3 is 18.9 Å². The van der Waals surface area contributed by atoms with Gasteiger partial charge in [-0.25, -0.2) is 9.59 Å². The van der Waals surface area contributed by atoms with Crippen LogP contribution in [0.4, 0.5) is 0 Å². The van der Waals surface area contributed by atoms with Crippen molar-refractivity contribution in [1.82, 2.24) is 9.55 Å². The first-order chi connectivity index (χ1) is 16.8. The van der Waals surface area contributed by atoms with E-state index in [9.17, 15) is 14.4 Å². The molecule has 0 bridgehead atoms. The molecule has 0 radical (unpaired) electrons. The maximum Gasteiger partial charge on any atom is 0.338 e. The Balaban J connectivity index is 1.38. The van der Waals surface area contributed by atoms with Gasteiger partial charge in [-0.05, 0) is 45.0 Å². The standard InChI is InChI=1S/C26H24N2O7/c1-14-4-8-17(9-5-14)25(30)32-12-19-20(35-26(31)18-10-6-15(2)7-11-18)21-24(33-19)28-13-27-22(29)16(3)23(28)34-21/h4-11,13,19-21,24H,12H2,1-3H3/t19-,20+,21-,24-/m1/s1. The zero-order chi connectivity index (χ0) is 24.7. The summed E-state index contributed by atoms with van der Waals surface area (Å²) in [5.74, 6) is -0.763. The molecule has 1 saturated heterocycles. The summed E-state index contributed by atoms with van der Waals surface area (Å²) in [6, 6.07) is 14.0. The van der Waals surface area contributed by atoms with E-state index in [-0.39, 0.29) is 6.61 Å². The fraction of sp³-hybridized carbons (Fsp3) is 0.308. The number of fused-ring (bicyclic) bond motifs is 3. The number of benzene rings is 2. The minimum absolute atomic E-state index is 0.156. The van der Waals surface area contributed by atoms with E-state index in [2.05, 4.69) is 4.98 Å². The van der Waals surface area contributed by atoms with E-state index in [4.69, 9.17) is 18.9 Å². The summed E-state index contributed by atoms with van der Waals surface area (Å²) in [5.41, 5.74) is 2.73. The summed E-state index contributed by atoms with van der Waals surface area (Å²) in [5, 5.41) is 0. The maximum absolute atomic E-state index is 12.9. The van der Waals surface area contributed by atoms with Crippen molar-refractivity contribution in [2.45, 2.75) is 45.3 Å². The monoisotopic (exact) mass is 476 g/mol. The molecule has 2 aromatic carbocycles. The van der Waals surface area contributed by atoms with E-state index in [0.717, 1.165) is 11.1 Å². The van der Waals surface area contributed by atoms with Gasteiger partial charge in [-0.15, -0.1) is 0 Å². The molecule has 1 fully saturated rings. The van der Waals surface area contributed by atoms with Crippen LogP contribution in [0.2, 0.25) is 0 Å². The lowest BCUT2D eigenvalue weighted by Crippen LogP contribution is -2.40. The second-order valence-electron chi connectivity index (χ2n) is 8.74. The van der Waals surface area contributed by atoms with E-state index >= 15 is 0 Å². The lowest BCUT2D eigenvalue weighted by molar-refractivity contribution is -0.0574. The van der Waals surface area contributed by atoms with Crippen molar-refractivity contribution in [2.24, 2.45) is 0 Å². The summed E-state index contributed by atoms with van der Waals surface area (Å²) in [6.07, 6.45) is -1.78. The summed E-state index contributed by atoms with van der Waals surface area (Å²) < 4.78 is 25.1. The Bertz CT molecular complexity index is 1330. The number of esters is 2. The Labute approximate surface area is 201 Å². The summed E-state index contributed by atoms with van der Waals surface area (Å²) in [6.45, 7) is 5.30. The molecule has 180 valence electrons. The zero-order valence-electron chi connectivity index (χ0n) is 19.5. The van der Waals surface area contributed by atoms with Gasteiger partial charge in [0.15, 0.2) is 18.4 Å². The van der Waals surface area contributed by atoms with E-state index in [1.807, 2.05) is 38.1 Å². The molecule has 35 heavy (non-hydrogen) atoms. The van der Waals surface area contributed by atoms with Crippen LogP contribution >= 0.6 is 0 Å². The molecule has 0 spiro atoms. The number of carbonyl (C=O) groups excluding carboxylic acids is 2. The van der Waals surface area contributed by atoms with Crippen molar-refractivity contribution in [3.63, 3.8) is 0 Å². The predicted octanol–water partition coefficient (Wildman–Crippen LogP) is 2.91. The van der Waals surface area contributed by atoms with Crippen molar-refractivity contribution in [3.05, 3.63) is 93.0 Å². The number of aryl methyl sites for hydroxylation is 2. The van der Waals surface area contributed by atoms with Gasteiger partial charge in [-0.2, -0.15) is 4.98 Å². The Hall–Kier alpha value is -3.98. The van der Waals surface area contributed by atoms with Crippen LogP contribution in [0.1, 0.15) is 43.6 Å². The highest BCUT2D eigenvalue weighted by atomic mass is 16.7. The average Bonchev–Trinajstić information content (AvgIpc) is 3.37. The molecule has 0 saturated carbocycles. The first kappa shape index (κ1) is 22.8. The van der Waals surface area contributed by atoms with Gasteiger partial charge in [0, 0.05) is 0 Å². The van der Waals surface area contributed by atoms with Crippen LogP contribution in [0, 0.1) is 20.8 Å². The smallest absolute Gasteiger partial charge is 0.338 e. The number of carbonyl (C=O) groups is 2. The van der Waals surface area contributed by atoms with E-state index < -0.39 is 42.0 Å². The molecule has 0 aliphatic carbocycles. The van der Waals surface area contributed by atoms with Gasteiger partial charge in [0.25, 0.3) is 5.56 Å². The molecule has 4 atom stereocenters. The number of aromatic nitrogens is 2. The van der Waals surface area contributed by atoms with Crippen LogP contribution in [0.25, 0.3) is 0 Å². The van der Waals surface area contributed by atoms with Gasteiger partial charge in [0.2, 0.25) is 5.88 Å². The third kappa shape index (κ3) is 4.30. The van der Waals surface area contributed by atoms with Crippen molar-refractivity contribution >= 4 is 11.9 Å². The molecule has 3 heterocycles. The minimum atomic E-state index is -0.894. The van der Waals surface area contributed by atoms with Crippen molar-refractivity contribution in [3.8, 4) is 5.88 Å². The van der Waals surface area contributed by atoms with Crippen LogP contribution in [0.5, 0.6) is 5.88 Å². The van der Waals surface area contributed by atoms with E-state index in [0.29, 0.717) is 22.6 Å². The SMILES string of the molecule is Cc1ccc(C(=O)OC[C@H]2O[C@@H]3[C@H](Oc4c(C)c(=O)ncn43)[C@H]2OC(=O)c2ccc(C)cc2)cc1. The summed E-state index contributed by atoms with van der Waals surface area (Å²) >= 11 is 0. The lowest BCUT2D eigenvalue weighted by atomic mass is 10.1. The van der Waals surface area contributed by atoms with Gasteiger partial charge in [0.1, 0.15) is 19.0 Å². The van der Waals surface area contributed by atoms with Gasteiger partial charge in [-0.3, -0.25) is 9.36 Å². The highest BCUT2D eigenvalue weighted by Gasteiger charge is 2.54. The molecular formula is C26H24N2O7. The molecule has 1 aromatic heterocycles. The van der Waals surface area contributed by atoms with Crippen LogP contribution in [0.15, 0.2) is 59.7 Å². The Morgan fingerprint density at radius 1 is 0.943 bits per heavy atom. The van der Waals surface area contributed by atoms with Crippen molar-refractivity contribution in [2.75, 3.05) is 6.61 Å². The lowest BCUT2D eigenvalue weighted by Gasteiger charge is -2.22. The normalized spacial score (nSPS) is 22.1. The van der Waals surface area contributed by atoms with E-state index in [1.54, 1.807) is 35.8 Å². The molecule has 3 aromatic rings. The van der Waals surface area contributed by atoms with Gasteiger partial charge in [0.05, 0.1) is 16.7 Å². The van der Waals surface area contributed by atoms with E-state index in [1.165, 1.54) is 6.33 Å². The van der Waals surface area contributed by atoms with Crippen LogP contribution in [-0.4, -0.2) is 46.4 Å². The Morgan fingerprint density at radius 3 is 2.17 bits per heavy atom. The highest BCUT2D eigenvalue weighted by Crippen LogP contribution is 2.42. The Morgan fingerprint density at radius 2 is 1.54 bits per heavy atom. The second kappa shape index (κ2) is 8.99.